The predicted molar refractivity (Wildman–Crippen MR) is 91.6 cm³/mol. The molecule has 5 rings (SSSR count). The maximum atomic E-state index is 10.7. The summed E-state index contributed by atoms with van der Waals surface area (Å²) >= 11 is 0. The minimum atomic E-state index is -0.367. The maximum Gasteiger partial charge on any atom is 0.165 e. The van der Waals surface area contributed by atoms with Crippen LogP contribution in [0.4, 0.5) is 0 Å². The lowest BCUT2D eigenvalue weighted by Gasteiger charge is -2.52. The van der Waals surface area contributed by atoms with Crippen LogP contribution in [-0.2, 0) is 5.41 Å². The molecule has 1 spiro atoms. The Morgan fingerprint density at radius 1 is 1.29 bits per heavy atom. The van der Waals surface area contributed by atoms with Crippen molar-refractivity contribution in [2.45, 2.75) is 49.7 Å². The van der Waals surface area contributed by atoms with Crippen LogP contribution in [0.5, 0.6) is 11.5 Å². The second kappa shape index (κ2) is 5.37. The van der Waals surface area contributed by atoms with E-state index in [0.717, 1.165) is 49.8 Å². The van der Waals surface area contributed by atoms with E-state index in [1.54, 1.807) is 7.11 Å². The molecule has 1 N–H and O–H groups in total. The second-order valence-corrected chi connectivity index (χ2v) is 8.21. The molecular weight excluding hydrogens is 302 g/mol. The molecule has 0 amide bonds. The Bertz CT molecular complexity index is 644. The number of likely N-dealkylation sites (tertiary alicyclic amines) is 1. The topological polar surface area (TPSA) is 41.9 Å². The first-order valence-electron chi connectivity index (χ1n) is 9.47. The van der Waals surface area contributed by atoms with Crippen LogP contribution >= 0.6 is 0 Å². The Labute approximate surface area is 143 Å². The fourth-order valence-corrected chi connectivity index (χ4v) is 5.52. The summed E-state index contributed by atoms with van der Waals surface area (Å²) in [5, 5.41) is 10.7. The highest BCUT2D eigenvalue weighted by molar-refractivity contribution is 5.55. The first kappa shape index (κ1) is 15.0. The van der Waals surface area contributed by atoms with Gasteiger partial charge in [-0.3, -0.25) is 0 Å². The monoisotopic (exact) mass is 329 g/mol. The van der Waals surface area contributed by atoms with Crippen molar-refractivity contribution >= 4 is 0 Å². The van der Waals surface area contributed by atoms with E-state index in [4.69, 9.17) is 9.47 Å². The zero-order valence-electron chi connectivity index (χ0n) is 14.4. The number of nitrogens with zero attached hydrogens (tertiary/aromatic N) is 1. The van der Waals surface area contributed by atoms with Crippen molar-refractivity contribution in [3.05, 3.63) is 23.8 Å². The van der Waals surface area contributed by atoms with Crippen molar-refractivity contribution in [3.8, 4) is 11.5 Å². The van der Waals surface area contributed by atoms with Crippen molar-refractivity contribution in [2.75, 3.05) is 26.7 Å². The number of para-hydroxylation sites is 1. The molecule has 4 unspecified atom stereocenters. The third kappa shape index (κ3) is 2.05. The van der Waals surface area contributed by atoms with Crippen molar-refractivity contribution < 1.29 is 14.6 Å². The summed E-state index contributed by atoms with van der Waals surface area (Å²) in [6.07, 6.45) is 5.39. The van der Waals surface area contributed by atoms with Crippen LogP contribution in [0.25, 0.3) is 0 Å². The summed E-state index contributed by atoms with van der Waals surface area (Å²) in [6.45, 7) is 3.54. The quantitative estimate of drug-likeness (QED) is 0.925. The molecule has 2 aliphatic heterocycles. The molecule has 4 nitrogen and oxygen atoms in total. The van der Waals surface area contributed by atoms with Gasteiger partial charge in [0.2, 0.25) is 0 Å². The number of methoxy groups -OCH3 is 1. The minimum absolute atomic E-state index is 0.0262. The lowest BCUT2D eigenvalue weighted by atomic mass is 9.57. The van der Waals surface area contributed by atoms with E-state index in [-0.39, 0.29) is 17.6 Å². The average Bonchev–Trinajstić information content (AvgIpc) is 3.35. The van der Waals surface area contributed by atoms with E-state index >= 15 is 0 Å². The predicted octanol–water partition coefficient (Wildman–Crippen LogP) is 2.58. The summed E-state index contributed by atoms with van der Waals surface area (Å²) in [5.74, 6) is 3.21. The lowest BCUT2D eigenvalue weighted by Crippen LogP contribution is -2.61. The zero-order chi connectivity index (χ0) is 16.3. The largest absolute Gasteiger partial charge is 0.493 e. The van der Waals surface area contributed by atoms with E-state index in [1.165, 1.54) is 24.9 Å². The highest BCUT2D eigenvalue weighted by Gasteiger charge is 2.60. The number of rotatable bonds is 3. The molecule has 2 heterocycles. The summed E-state index contributed by atoms with van der Waals surface area (Å²) in [5.41, 5.74) is 1.25. The van der Waals surface area contributed by atoms with Crippen LogP contribution < -0.4 is 9.47 Å². The van der Waals surface area contributed by atoms with E-state index in [2.05, 4.69) is 17.0 Å². The lowest BCUT2D eigenvalue weighted by molar-refractivity contribution is -0.0793. The van der Waals surface area contributed by atoms with Crippen LogP contribution in [0.15, 0.2) is 18.2 Å². The molecule has 1 aromatic carbocycles. The number of ether oxygens (including phenoxy) is 2. The molecule has 4 atom stereocenters. The van der Waals surface area contributed by atoms with Crippen molar-refractivity contribution in [2.24, 2.45) is 11.8 Å². The fourth-order valence-electron chi connectivity index (χ4n) is 5.52. The van der Waals surface area contributed by atoms with Gasteiger partial charge in [-0.2, -0.15) is 0 Å². The Morgan fingerprint density at radius 2 is 2.17 bits per heavy atom. The highest BCUT2D eigenvalue weighted by atomic mass is 16.5. The Morgan fingerprint density at radius 3 is 2.96 bits per heavy atom. The summed E-state index contributed by atoms with van der Waals surface area (Å²) in [4.78, 5) is 2.67. The molecule has 3 fully saturated rings. The summed E-state index contributed by atoms with van der Waals surface area (Å²) in [6, 6.07) is 6.25. The molecule has 0 bridgehead atoms. The maximum absolute atomic E-state index is 10.7. The van der Waals surface area contributed by atoms with Gasteiger partial charge in [0.15, 0.2) is 11.5 Å². The number of benzene rings is 1. The van der Waals surface area contributed by atoms with Gasteiger partial charge in [-0.15, -0.1) is 0 Å². The smallest absolute Gasteiger partial charge is 0.165 e. The molecule has 4 aliphatic rings. The highest BCUT2D eigenvalue weighted by Crippen LogP contribution is 2.58. The van der Waals surface area contributed by atoms with Crippen molar-refractivity contribution in [3.63, 3.8) is 0 Å². The molecule has 0 radical (unpaired) electrons. The summed E-state index contributed by atoms with van der Waals surface area (Å²) in [7, 11) is 1.70. The van der Waals surface area contributed by atoms with Gasteiger partial charge in [0.1, 0.15) is 6.10 Å². The molecular formula is C20H27NO3. The van der Waals surface area contributed by atoms with Gasteiger partial charge in [0, 0.05) is 24.1 Å². The third-order valence-electron chi connectivity index (χ3n) is 6.88. The van der Waals surface area contributed by atoms with Gasteiger partial charge in [-0.05, 0) is 56.6 Å². The van der Waals surface area contributed by atoms with Gasteiger partial charge >= 0.3 is 0 Å². The molecule has 130 valence electrons. The average molecular weight is 329 g/mol. The third-order valence-corrected chi connectivity index (χ3v) is 6.88. The van der Waals surface area contributed by atoms with Crippen LogP contribution in [-0.4, -0.2) is 49.0 Å². The number of hydrogen-bond acceptors (Lipinski definition) is 4. The van der Waals surface area contributed by atoms with Gasteiger partial charge in [0.25, 0.3) is 0 Å². The molecule has 4 heteroatoms. The second-order valence-electron chi connectivity index (χ2n) is 8.21. The Balaban J connectivity index is 1.53. The van der Waals surface area contributed by atoms with Crippen LogP contribution in [0.1, 0.15) is 37.7 Å². The van der Waals surface area contributed by atoms with Crippen LogP contribution in [0.3, 0.4) is 0 Å². The normalized spacial score (nSPS) is 38.0. The van der Waals surface area contributed by atoms with E-state index in [1.807, 2.05) is 6.07 Å². The Kier molecular flexibility index (Phi) is 3.36. The first-order chi connectivity index (χ1) is 11.7. The SMILES string of the molecule is COc1cccc2c1OC1C(O)CCC3CN(CC4CC4)CCC231. The van der Waals surface area contributed by atoms with E-state index in [9.17, 15) is 5.11 Å². The first-order valence-corrected chi connectivity index (χ1v) is 9.47. The molecule has 0 aromatic heterocycles. The van der Waals surface area contributed by atoms with E-state index in [0.29, 0.717) is 5.92 Å². The molecule has 24 heavy (non-hydrogen) atoms. The molecule has 1 aromatic rings. The van der Waals surface area contributed by atoms with Crippen molar-refractivity contribution in [1.82, 2.24) is 4.90 Å². The molecule has 1 saturated heterocycles. The minimum Gasteiger partial charge on any atom is -0.493 e. The number of aliphatic hydroxyl groups excluding tert-OH is 1. The van der Waals surface area contributed by atoms with Gasteiger partial charge in [-0.25, -0.2) is 0 Å². The number of hydrogen-bond donors (Lipinski definition) is 1. The Hall–Kier alpha value is -1.26. The molecule has 2 aliphatic carbocycles. The molecule has 2 saturated carbocycles. The van der Waals surface area contributed by atoms with Gasteiger partial charge < -0.3 is 19.5 Å². The van der Waals surface area contributed by atoms with Gasteiger partial charge in [-0.1, -0.05) is 12.1 Å². The van der Waals surface area contributed by atoms with Gasteiger partial charge in [0.05, 0.1) is 13.2 Å². The zero-order valence-corrected chi connectivity index (χ0v) is 14.4. The summed E-state index contributed by atoms with van der Waals surface area (Å²) < 4.78 is 11.9. The standard InChI is InChI=1S/C20H27NO3/c1-23-17-4-2-3-15-18(17)24-19-16(22)8-7-14-12-21(11-13-5-6-13)10-9-20(14,15)19/h2-4,13-14,16,19,22H,5-12H2,1H3. The number of piperidine rings is 1. The van der Waals surface area contributed by atoms with Crippen molar-refractivity contribution in [1.29, 1.82) is 0 Å². The van der Waals surface area contributed by atoms with E-state index < -0.39 is 0 Å². The van der Waals surface area contributed by atoms with Crippen LogP contribution in [0, 0.1) is 11.8 Å². The number of aliphatic hydroxyl groups is 1. The fraction of sp³-hybridized carbons (Fsp3) is 0.700. The number of fused-ring (bicyclic) bond motifs is 1. The van der Waals surface area contributed by atoms with Crippen LogP contribution in [0.2, 0.25) is 0 Å².